The minimum absolute atomic E-state index is 0.0157. The van der Waals surface area contributed by atoms with Crippen LogP contribution in [0.3, 0.4) is 0 Å². The quantitative estimate of drug-likeness (QED) is 0.477. The van der Waals surface area contributed by atoms with Crippen molar-refractivity contribution in [1.29, 1.82) is 0 Å². The van der Waals surface area contributed by atoms with Crippen LogP contribution in [0.4, 0.5) is 11.6 Å². The van der Waals surface area contributed by atoms with Gasteiger partial charge in [0.25, 0.3) is 0 Å². The van der Waals surface area contributed by atoms with Gasteiger partial charge in [0.05, 0.1) is 12.6 Å². The van der Waals surface area contributed by atoms with Gasteiger partial charge in [0.1, 0.15) is 17.5 Å². The summed E-state index contributed by atoms with van der Waals surface area (Å²) in [6.45, 7) is -0.0157. The van der Waals surface area contributed by atoms with Gasteiger partial charge in [-0.25, -0.2) is 15.8 Å². The molecule has 1 aromatic heterocycles. The Hall–Kier alpha value is -2.18. The fourth-order valence-electron chi connectivity index (χ4n) is 2.24. The van der Waals surface area contributed by atoms with Gasteiger partial charge >= 0.3 is 0 Å². The summed E-state index contributed by atoms with van der Waals surface area (Å²) in [5, 5.41) is 12.9. The van der Waals surface area contributed by atoms with E-state index in [1.807, 2.05) is 30.3 Å². The van der Waals surface area contributed by atoms with Crippen molar-refractivity contribution in [2.24, 2.45) is 5.84 Å². The SMILES string of the molecule is NNc1cc(NC(CO)c2ccccc2)nc(C2CC2)n1. The molecule has 0 saturated heterocycles. The van der Waals surface area contributed by atoms with E-state index in [-0.39, 0.29) is 12.6 Å². The summed E-state index contributed by atoms with van der Waals surface area (Å²) < 4.78 is 0. The lowest BCUT2D eigenvalue weighted by atomic mass is 10.1. The molecule has 2 aromatic rings. The molecule has 5 N–H and O–H groups in total. The molecule has 1 aliphatic carbocycles. The van der Waals surface area contributed by atoms with Gasteiger partial charge in [-0.2, -0.15) is 0 Å². The first-order valence-electron chi connectivity index (χ1n) is 7.08. The van der Waals surface area contributed by atoms with Gasteiger partial charge < -0.3 is 15.8 Å². The summed E-state index contributed by atoms with van der Waals surface area (Å²) in [6, 6.07) is 11.3. The Labute approximate surface area is 123 Å². The Kier molecular flexibility index (Phi) is 3.98. The number of nitrogens with two attached hydrogens (primary N) is 1. The van der Waals surface area contributed by atoms with E-state index in [1.54, 1.807) is 6.07 Å². The van der Waals surface area contributed by atoms with E-state index >= 15 is 0 Å². The Morgan fingerprint density at radius 2 is 1.90 bits per heavy atom. The second kappa shape index (κ2) is 6.07. The highest BCUT2D eigenvalue weighted by atomic mass is 16.3. The lowest BCUT2D eigenvalue weighted by Crippen LogP contribution is -2.17. The second-order valence-corrected chi connectivity index (χ2v) is 5.21. The minimum Gasteiger partial charge on any atom is -0.394 e. The number of aromatic nitrogens is 2. The maximum Gasteiger partial charge on any atom is 0.145 e. The topological polar surface area (TPSA) is 96.1 Å². The molecule has 0 aliphatic heterocycles. The molecule has 1 unspecified atom stereocenters. The van der Waals surface area contributed by atoms with Gasteiger partial charge in [-0.15, -0.1) is 0 Å². The van der Waals surface area contributed by atoms with E-state index in [9.17, 15) is 5.11 Å². The van der Waals surface area contributed by atoms with Gasteiger partial charge in [-0.1, -0.05) is 30.3 Å². The third-order valence-electron chi connectivity index (χ3n) is 3.54. The highest BCUT2D eigenvalue weighted by Gasteiger charge is 2.27. The van der Waals surface area contributed by atoms with Crippen molar-refractivity contribution in [3.8, 4) is 0 Å². The molecule has 0 bridgehead atoms. The number of hydrazine groups is 1. The number of anilines is 2. The van der Waals surface area contributed by atoms with E-state index in [4.69, 9.17) is 5.84 Å². The summed E-state index contributed by atoms with van der Waals surface area (Å²) in [7, 11) is 0. The molecular weight excluding hydrogens is 266 g/mol. The predicted molar refractivity (Wildman–Crippen MR) is 81.7 cm³/mol. The number of aliphatic hydroxyl groups excluding tert-OH is 1. The zero-order valence-corrected chi connectivity index (χ0v) is 11.7. The first-order valence-corrected chi connectivity index (χ1v) is 7.08. The maximum atomic E-state index is 9.61. The molecule has 6 heteroatoms. The van der Waals surface area contributed by atoms with Gasteiger partial charge in [-0.05, 0) is 18.4 Å². The van der Waals surface area contributed by atoms with Crippen LogP contribution in [0, 0.1) is 0 Å². The summed E-state index contributed by atoms with van der Waals surface area (Å²) in [6.07, 6.45) is 2.24. The first-order chi connectivity index (χ1) is 10.3. The van der Waals surface area contributed by atoms with Crippen LogP contribution in [0.15, 0.2) is 36.4 Å². The summed E-state index contributed by atoms with van der Waals surface area (Å²) in [5.41, 5.74) is 3.58. The predicted octanol–water partition coefficient (Wildman–Crippen LogP) is 1.79. The molecule has 1 saturated carbocycles. The number of benzene rings is 1. The molecule has 1 atom stereocenters. The second-order valence-electron chi connectivity index (χ2n) is 5.21. The van der Waals surface area contributed by atoms with Gasteiger partial charge in [-0.3, -0.25) is 0 Å². The number of nitrogens with zero attached hydrogens (tertiary/aromatic N) is 2. The van der Waals surface area contributed by atoms with Crippen LogP contribution in [0.2, 0.25) is 0 Å². The Bertz CT molecular complexity index is 600. The van der Waals surface area contributed by atoms with Crippen LogP contribution in [0.25, 0.3) is 0 Å². The highest BCUT2D eigenvalue weighted by Crippen LogP contribution is 2.39. The molecule has 1 aliphatic rings. The molecule has 21 heavy (non-hydrogen) atoms. The monoisotopic (exact) mass is 285 g/mol. The van der Waals surface area contributed by atoms with E-state index in [2.05, 4.69) is 20.7 Å². The van der Waals surface area contributed by atoms with Gasteiger partial charge in [0, 0.05) is 12.0 Å². The molecule has 110 valence electrons. The van der Waals surface area contributed by atoms with Crippen LogP contribution >= 0.6 is 0 Å². The van der Waals surface area contributed by atoms with Gasteiger partial charge in [0.2, 0.25) is 0 Å². The summed E-state index contributed by atoms with van der Waals surface area (Å²) >= 11 is 0. The van der Waals surface area contributed by atoms with Crippen LogP contribution in [0.5, 0.6) is 0 Å². The van der Waals surface area contributed by atoms with E-state index < -0.39 is 0 Å². The van der Waals surface area contributed by atoms with Crippen LogP contribution < -0.4 is 16.6 Å². The Balaban J connectivity index is 1.84. The van der Waals surface area contributed by atoms with E-state index in [1.165, 1.54) is 0 Å². The van der Waals surface area contributed by atoms with E-state index in [0.717, 1.165) is 24.2 Å². The number of nitrogens with one attached hydrogen (secondary N) is 2. The number of hydrogen-bond donors (Lipinski definition) is 4. The fourth-order valence-corrected chi connectivity index (χ4v) is 2.24. The van der Waals surface area contributed by atoms with Crippen LogP contribution in [0.1, 0.15) is 36.2 Å². The Morgan fingerprint density at radius 1 is 1.19 bits per heavy atom. The lowest BCUT2D eigenvalue weighted by molar-refractivity contribution is 0.276. The Morgan fingerprint density at radius 3 is 2.52 bits per heavy atom. The highest BCUT2D eigenvalue weighted by molar-refractivity contribution is 5.49. The molecule has 6 nitrogen and oxygen atoms in total. The molecule has 0 spiro atoms. The van der Waals surface area contributed by atoms with Crippen LogP contribution in [-0.2, 0) is 0 Å². The third-order valence-corrected chi connectivity index (χ3v) is 3.54. The van der Waals surface area contributed by atoms with Crippen molar-refractivity contribution >= 4 is 11.6 Å². The number of hydrogen-bond acceptors (Lipinski definition) is 6. The smallest absolute Gasteiger partial charge is 0.145 e. The van der Waals surface area contributed by atoms with E-state index in [0.29, 0.717) is 17.6 Å². The van der Waals surface area contributed by atoms with Crippen molar-refractivity contribution < 1.29 is 5.11 Å². The molecule has 0 amide bonds. The summed E-state index contributed by atoms with van der Waals surface area (Å²) in [5.74, 6) is 7.95. The van der Waals surface area contributed by atoms with Crippen molar-refractivity contribution in [2.75, 3.05) is 17.3 Å². The number of nitrogen functional groups attached to an aromatic ring is 1. The van der Waals surface area contributed by atoms with Crippen LogP contribution in [-0.4, -0.2) is 21.7 Å². The molecule has 3 rings (SSSR count). The minimum atomic E-state index is -0.209. The first kappa shape index (κ1) is 13.8. The molecule has 1 aromatic carbocycles. The number of rotatable bonds is 6. The molecular formula is C15H19N5O. The number of aliphatic hydroxyl groups is 1. The van der Waals surface area contributed by atoms with Gasteiger partial charge in [0.15, 0.2) is 0 Å². The molecule has 1 fully saturated rings. The zero-order chi connectivity index (χ0) is 14.7. The van der Waals surface area contributed by atoms with Crippen molar-refractivity contribution in [3.63, 3.8) is 0 Å². The summed E-state index contributed by atoms with van der Waals surface area (Å²) in [4.78, 5) is 8.90. The zero-order valence-electron chi connectivity index (χ0n) is 11.7. The maximum absolute atomic E-state index is 9.61. The average Bonchev–Trinajstić information content (AvgIpc) is 3.38. The fraction of sp³-hybridized carbons (Fsp3) is 0.333. The van der Waals surface area contributed by atoms with Crippen molar-refractivity contribution in [1.82, 2.24) is 9.97 Å². The largest absolute Gasteiger partial charge is 0.394 e. The van der Waals surface area contributed by atoms with Crippen molar-refractivity contribution in [2.45, 2.75) is 24.8 Å². The molecule has 0 radical (unpaired) electrons. The third kappa shape index (κ3) is 3.29. The van der Waals surface area contributed by atoms with Crippen molar-refractivity contribution in [3.05, 3.63) is 47.8 Å². The lowest BCUT2D eigenvalue weighted by Gasteiger charge is -2.18. The standard InChI is InChI=1S/C15H19N5O/c16-20-14-8-13(18-15(19-14)11-6-7-11)17-12(9-21)10-4-2-1-3-5-10/h1-5,8,11-12,21H,6-7,9,16H2,(H2,17,18,19,20). The molecule has 1 heterocycles. The normalized spacial score (nSPS) is 15.5. The average molecular weight is 285 g/mol.